The molecule has 0 unspecified atom stereocenters. The monoisotopic (exact) mass is 1170 g/mol. The maximum absolute atomic E-state index is 14.6. The van der Waals surface area contributed by atoms with Gasteiger partial charge in [0.2, 0.25) is 17.7 Å². The van der Waals surface area contributed by atoms with Crippen molar-refractivity contribution >= 4 is 51.6 Å². The molecular formula is C62H80F2N6O12S. The van der Waals surface area contributed by atoms with Crippen LogP contribution in [0.1, 0.15) is 95.4 Å². The zero-order chi connectivity index (χ0) is 58.9. The van der Waals surface area contributed by atoms with E-state index in [-0.39, 0.29) is 69.1 Å². The van der Waals surface area contributed by atoms with Crippen molar-refractivity contribution in [3.8, 4) is 21.9 Å². The minimum atomic E-state index is -1.98. The number of anilines is 1. The molecule has 4 atom stereocenters. The van der Waals surface area contributed by atoms with Gasteiger partial charge in [-0.2, -0.15) is 0 Å². The van der Waals surface area contributed by atoms with Crippen LogP contribution in [-0.2, 0) is 49.4 Å². The van der Waals surface area contributed by atoms with Crippen LogP contribution in [0.3, 0.4) is 0 Å². The van der Waals surface area contributed by atoms with Crippen LogP contribution in [0.5, 0.6) is 11.5 Å². The van der Waals surface area contributed by atoms with E-state index in [9.17, 15) is 33.1 Å². The Labute approximate surface area is 488 Å². The number of fused-ring (bicyclic) bond motifs is 1. The van der Waals surface area contributed by atoms with E-state index in [1.807, 2.05) is 62.4 Å². The predicted molar refractivity (Wildman–Crippen MR) is 310 cm³/mol. The number of likely N-dealkylation sites (tertiary alicyclic amines) is 1. The van der Waals surface area contributed by atoms with Crippen molar-refractivity contribution in [2.45, 2.75) is 116 Å². The molecule has 0 bridgehead atoms. The van der Waals surface area contributed by atoms with Crippen LogP contribution < -0.4 is 25.4 Å². The topological polar surface area (TPSA) is 218 Å². The number of halogens is 2. The summed E-state index contributed by atoms with van der Waals surface area (Å²) in [5.41, 5.74) is 4.11. The van der Waals surface area contributed by atoms with Gasteiger partial charge in [0.1, 0.15) is 42.6 Å². The number of aryl methyl sites for hydroxylation is 1. The number of aliphatic hydroxyl groups excluding tert-OH is 1. The lowest BCUT2D eigenvalue weighted by Crippen LogP contribution is -2.59. The number of pyridine rings is 1. The summed E-state index contributed by atoms with van der Waals surface area (Å²) in [7, 11) is 0. The van der Waals surface area contributed by atoms with Gasteiger partial charge >= 0.3 is 0 Å². The maximum atomic E-state index is 14.6. The van der Waals surface area contributed by atoms with Crippen LogP contribution in [0.4, 0.5) is 14.5 Å². The molecule has 3 aliphatic rings. The molecule has 2 saturated carbocycles. The number of thiazole rings is 1. The van der Waals surface area contributed by atoms with E-state index in [1.54, 1.807) is 44.6 Å². The van der Waals surface area contributed by atoms with Gasteiger partial charge in [-0.25, -0.2) is 13.8 Å². The lowest BCUT2D eigenvalue weighted by molar-refractivity contribution is -0.145. The highest BCUT2D eigenvalue weighted by Gasteiger charge is 2.53. The van der Waals surface area contributed by atoms with E-state index in [1.165, 1.54) is 22.3 Å². The lowest BCUT2D eigenvalue weighted by atomic mass is 9.73. The van der Waals surface area contributed by atoms with Crippen molar-refractivity contribution in [1.29, 1.82) is 0 Å². The number of hydrogen-bond donors (Lipinski definition) is 4. The maximum Gasteiger partial charge on any atom is 0.258 e. The third-order valence-corrected chi connectivity index (χ3v) is 16.5. The number of carbonyl (C=O) groups excluding carboxylic acids is 4. The first-order chi connectivity index (χ1) is 40.0. The minimum Gasteiger partial charge on any atom is -0.491 e. The van der Waals surface area contributed by atoms with Gasteiger partial charge < -0.3 is 59.1 Å². The van der Waals surface area contributed by atoms with E-state index in [4.69, 9.17) is 33.2 Å². The van der Waals surface area contributed by atoms with Crippen LogP contribution in [0, 0.1) is 30.0 Å². The fraction of sp³-hybridized carbons (Fsp3) is 0.548. The summed E-state index contributed by atoms with van der Waals surface area (Å²) in [6.07, 6.45) is 4.81. The molecule has 1 saturated heterocycles. The number of rotatable bonds is 31. The molecule has 21 heteroatoms. The van der Waals surface area contributed by atoms with Gasteiger partial charge in [0, 0.05) is 48.3 Å². The van der Waals surface area contributed by atoms with Gasteiger partial charge in [0.05, 0.1) is 93.8 Å². The molecule has 1 aliphatic heterocycles. The van der Waals surface area contributed by atoms with Crippen LogP contribution in [0.15, 0.2) is 78.4 Å². The Morgan fingerprint density at radius 2 is 1.42 bits per heavy atom. The SMILES string of the molecule is Cc1ncsc1-c1ccc(CNC(=O)[C@@H]2C[C@@H](O)CN2C(=O)[C@@H](NC(=O)C2(F)CC2)C(C)(C)C)c(OCCOCCOCCOCCOCCOCCOc2ccc(NC(=O)[C@H](C)C3CCC(c4ccnc5ccc(F)cc45)CC3)cc2)c1. The average Bonchev–Trinajstić information content (AvgIpc) is 3.70. The molecule has 450 valence electrons. The van der Waals surface area contributed by atoms with Gasteiger partial charge in [-0.3, -0.25) is 24.2 Å². The minimum absolute atomic E-state index is 0.00222. The number of β-amino-alcohol motifs (C(OH)–C–C–N with tert-alkyl or cyclic N) is 1. The number of alkyl halides is 1. The van der Waals surface area contributed by atoms with Gasteiger partial charge in [-0.1, -0.05) is 39.8 Å². The lowest BCUT2D eigenvalue weighted by Gasteiger charge is -2.35. The first-order valence-electron chi connectivity index (χ1n) is 28.9. The van der Waals surface area contributed by atoms with Crippen molar-refractivity contribution in [1.82, 2.24) is 25.5 Å². The largest absolute Gasteiger partial charge is 0.491 e. The predicted octanol–water partition coefficient (Wildman–Crippen LogP) is 8.51. The summed E-state index contributed by atoms with van der Waals surface area (Å²) < 4.78 is 69.0. The first-order valence-corrected chi connectivity index (χ1v) is 29.7. The summed E-state index contributed by atoms with van der Waals surface area (Å²) in [5.74, 6) is -0.474. The van der Waals surface area contributed by atoms with E-state index in [0.717, 1.165) is 58.3 Å². The quantitative estimate of drug-likeness (QED) is 0.0306. The van der Waals surface area contributed by atoms with Crippen molar-refractivity contribution in [2.24, 2.45) is 17.3 Å². The molecular weight excluding hydrogens is 1090 g/mol. The summed E-state index contributed by atoms with van der Waals surface area (Å²) in [6, 6.07) is 17.7. The van der Waals surface area contributed by atoms with Crippen molar-refractivity contribution in [2.75, 3.05) is 91.1 Å². The highest BCUT2D eigenvalue weighted by Crippen LogP contribution is 2.42. The second-order valence-corrected chi connectivity index (χ2v) is 23.5. The van der Waals surface area contributed by atoms with Crippen molar-refractivity contribution in [3.05, 3.63) is 101 Å². The summed E-state index contributed by atoms with van der Waals surface area (Å²) in [6.45, 7) is 13.5. The standard InChI is InChI=1S/C62H80F2N6O12S/c1-40(42-6-8-43(9-7-42)50-18-21-65-52-17-12-46(63)35-51(50)52)57(72)68-47-13-15-49(16-14-47)81-32-30-79-28-26-77-24-22-76-23-25-78-27-29-80-31-33-82-54-34-44(55-41(2)67-39-83-55)10-11-45(54)37-66-58(73)53-36-48(71)38-70(53)59(74)56(61(3,4)5)69-60(75)62(64)19-20-62/h10-18,21,34-35,39-40,42-43,48,53,56,71H,6-9,19-20,22-33,36-38H2,1-5H3,(H,66,73)(H,68,72)(H,69,75)/t40-,42?,43?,48-,53+,56-/m1/s1. The third-order valence-electron chi connectivity index (χ3n) is 15.5. The Morgan fingerprint density at radius 1 is 0.795 bits per heavy atom. The van der Waals surface area contributed by atoms with E-state index < -0.39 is 47.0 Å². The van der Waals surface area contributed by atoms with Crippen molar-refractivity contribution in [3.63, 3.8) is 0 Å². The van der Waals surface area contributed by atoms with Crippen LogP contribution in [0.2, 0.25) is 0 Å². The van der Waals surface area contributed by atoms with Gasteiger partial charge in [0.25, 0.3) is 5.91 Å². The Balaban J connectivity index is 0.638. The molecule has 5 aromatic rings. The molecule has 4 amide bonds. The van der Waals surface area contributed by atoms with Crippen LogP contribution in [0.25, 0.3) is 21.3 Å². The van der Waals surface area contributed by atoms with Gasteiger partial charge in [0.15, 0.2) is 5.67 Å². The molecule has 2 aliphatic carbocycles. The molecule has 0 radical (unpaired) electrons. The Kier molecular flexibility index (Phi) is 22.7. The summed E-state index contributed by atoms with van der Waals surface area (Å²) in [5, 5.41) is 20.1. The number of amides is 4. The second-order valence-electron chi connectivity index (χ2n) is 22.7. The first kappa shape index (κ1) is 62.8. The number of ether oxygens (including phenoxy) is 7. The highest BCUT2D eigenvalue weighted by molar-refractivity contribution is 7.13. The molecule has 3 aromatic carbocycles. The second kappa shape index (κ2) is 30.0. The number of nitrogens with zero attached hydrogens (tertiary/aromatic N) is 3. The van der Waals surface area contributed by atoms with E-state index >= 15 is 0 Å². The fourth-order valence-electron chi connectivity index (χ4n) is 10.5. The molecule has 2 aromatic heterocycles. The average molecular weight is 1170 g/mol. The molecule has 8 rings (SSSR count). The van der Waals surface area contributed by atoms with Crippen molar-refractivity contribution < 1.29 is 66.2 Å². The fourth-order valence-corrected chi connectivity index (χ4v) is 11.3. The molecule has 0 spiro atoms. The summed E-state index contributed by atoms with van der Waals surface area (Å²) in [4.78, 5) is 64.6. The van der Waals surface area contributed by atoms with Crippen LogP contribution in [-0.4, -0.2) is 153 Å². The Morgan fingerprint density at radius 3 is 2.02 bits per heavy atom. The van der Waals surface area contributed by atoms with E-state index in [2.05, 4.69) is 25.9 Å². The smallest absolute Gasteiger partial charge is 0.258 e. The zero-order valence-corrected chi connectivity index (χ0v) is 49.1. The Bertz CT molecular complexity index is 2930. The van der Waals surface area contributed by atoms with Gasteiger partial charge in [-0.05, 0) is 128 Å². The number of aromatic nitrogens is 2. The normalized spacial score (nSPS) is 19.3. The molecule has 18 nitrogen and oxygen atoms in total. The highest BCUT2D eigenvalue weighted by atomic mass is 32.1. The van der Waals surface area contributed by atoms with Crippen LogP contribution >= 0.6 is 11.3 Å². The zero-order valence-electron chi connectivity index (χ0n) is 48.3. The number of aliphatic hydroxyl groups is 1. The van der Waals surface area contributed by atoms with E-state index in [0.29, 0.717) is 94.7 Å². The van der Waals surface area contributed by atoms with Gasteiger partial charge in [-0.15, -0.1) is 11.3 Å². The molecule has 3 fully saturated rings. The number of carbonyl (C=O) groups is 4. The number of nitrogens with one attached hydrogen (secondary N) is 3. The molecule has 3 heterocycles. The molecule has 4 N–H and O–H groups in total. The number of hydrogen-bond acceptors (Lipinski definition) is 15. The third kappa shape index (κ3) is 17.9. The Hall–Kier alpha value is -6.20. The number of benzene rings is 3. The molecule has 83 heavy (non-hydrogen) atoms. The summed E-state index contributed by atoms with van der Waals surface area (Å²) >= 11 is 1.50.